The molecular weight excluding hydrogens is 366 g/mol. The lowest BCUT2D eigenvalue weighted by Gasteiger charge is -2.38. The molecule has 0 saturated carbocycles. The van der Waals surface area contributed by atoms with E-state index in [0.717, 1.165) is 31.8 Å². The van der Waals surface area contributed by atoms with E-state index in [1.165, 1.54) is 11.1 Å². The number of benzene rings is 2. The fraction of sp³-hybridized carbons (Fsp3) is 0.458. The largest absolute Gasteiger partial charge is 0.381 e. The van der Waals surface area contributed by atoms with Crippen LogP contribution < -0.4 is 5.32 Å². The van der Waals surface area contributed by atoms with Gasteiger partial charge in [0.2, 0.25) is 5.91 Å². The van der Waals surface area contributed by atoms with Crippen molar-refractivity contribution in [3.05, 3.63) is 71.8 Å². The van der Waals surface area contributed by atoms with Crippen LogP contribution in [0.5, 0.6) is 0 Å². The van der Waals surface area contributed by atoms with Crippen LogP contribution in [-0.4, -0.2) is 30.9 Å². The molecule has 4 heteroatoms. The first kappa shape index (κ1) is 20.9. The summed E-state index contributed by atoms with van der Waals surface area (Å²) in [7, 11) is 0. The molecule has 0 radical (unpaired) electrons. The van der Waals surface area contributed by atoms with E-state index >= 15 is 0 Å². The predicted octanol–water partition coefficient (Wildman–Crippen LogP) is 4.81. The molecule has 150 valence electrons. The molecule has 2 aromatic rings. The van der Waals surface area contributed by atoms with Gasteiger partial charge in [-0.3, -0.25) is 4.79 Å². The fourth-order valence-electron chi connectivity index (χ4n) is 3.81. The summed E-state index contributed by atoms with van der Waals surface area (Å²) in [4.78, 5) is 13.1. The minimum atomic E-state index is -0.0483. The molecule has 0 bridgehead atoms. The molecule has 1 saturated heterocycles. The quantitative estimate of drug-likeness (QED) is 0.695. The number of rotatable bonds is 8. The van der Waals surface area contributed by atoms with Crippen molar-refractivity contribution in [1.29, 1.82) is 0 Å². The average Bonchev–Trinajstić information content (AvgIpc) is 2.74. The van der Waals surface area contributed by atoms with Gasteiger partial charge in [0.1, 0.15) is 0 Å². The summed E-state index contributed by atoms with van der Waals surface area (Å²) in [5.41, 5.74) is 2.54. The van der Waals surface area contributed by atoms with Crippen LogP contribution >= 0.6 is 11.8 Å². The summed E-state index contributed by atoms with van der Waals surface area (Å²) in [6, 6.07) is 20.9. The standard InChI is InChI=1S/C24H31NO2S/c1-19(2)22(28-17-20-9-5-3-6-10-20)23(26)25-18-24(13-15-27-16-14-24)21-11-7-4-8-12-21/h3-12,19,22H,13-18H2,1-2H3,(H,25,26). The number of carbonyl (C=O) groups is 1. The van der Waals surface area contributed by atoms with E-state index in [2.05, 4.69) is 67.7 Å². The highest BCUT2D eigenvalue weighted by Gasteiger charge is 2.35. The Labute approximate surface area is 173 Å². The van der Waals surface area contributed by atoms with Crippen LogP contribution in [0.15, 0.2) is 60.7 Å². The maximum Gasteiger partial charge on any atom is 0.233 e. The van der Waals surface area contributed by atoms with Gasteiger partial charge in [0.15, 0.2) is 0 Å². The van der Waals surface area contributed by atoms with Gasteiger partial charge in [-0.25, -0.2) is 0 Å². The summed E-state index contributed by atoms with van der Waals surface area (Å²) < 4.78 is 5.61. The summed E-state index contributed by atoms with van der Waals surface area (Å²) in [5.74, 6) is 1.29. The van der Waals surface area contributed by atoms with Gasteiger partial charge in [0.05, 0.1) is 5.25 Å². The number of nitrogens with one attached hydrogen (secondary N) is 1. The molecule has 1 N–H and O–H groups in total. The van der Waals surface area contributed by atoms with Crippen LogP contribution in [0.4, 0.5) is 0 Å². The summed E-state index contributed by atoms with van der Waals surface area (Å²) in [6.45, 7) is 6.43. The van der Waals surface area contributed by atoms with E-state index in [1.807, 2.05) is 12.1 Å². The molecule has 1 unspecified atom stereocenters. The molecule has 0 spiro atoms. The van der Waals surface area contributed by atoms with E-state index in [0.29, 0.717) is 6.54 Å². The number of amides is 1. The maximum absolute atomic E-state index is 13.1. The Morgan fingerprint density at radius 1 is 1.04 bits per heavy atom. The molecule has 28 heavy (non-hydrogen) atoms. The second kappa shape index (κ2) is 10.1. The highest BCUT2D eigenvalue weighted by molar-refractivity contribution is 7.99. The molecule has 1 aliphatic heterocycles. The molecule has 3 rings (SSSR count). The third kappa shape index (κ3) is 5.39. The van der Waals surface area contributed by atoms with Crippen LogP contribution in [0.25, 0.3) is 0 Å². The first-order valence-corrected chi connectivity index (χ1v) is 11.2. The Bertz CT molecular complexity index is 727. The van der Waals surface area contributed by atoms with Crippen molar-refractivity contribution in [2.24, 2.45) is 5.92 Å². The van der Waals surface area contributed by atoms with Crippen molar-refractivity contribution >= 4 is 17.7 Å². The molecule has 1 aliphatic rings. The normalized spacial score (nSPS) is 17.2. The molecule has 0 aromatic heterocycles. The SMILES string of the molecule is CC(C)C(SCc1ccccc1)C(=O)NCC1(c2ccccc2)CCOCC1. The predicted molar refractivity (Wildman–Crippen MR) is 118 cm³/mol. The van der Waals surface area contributed by atoms with Gasteiger partial charge in [-0.15, -0.1) is 11.8 Å². The zero-order valence-corrected chi connectivity index (χ0v) is 17.7. The molecule has 2 aromatic carbocycles. The van der Waals surface area contributed by atoms with Crippen molar-refractivity contribution in [3.8, 4) is 0 Å². The monoisotopic (exact) mass is 397 g/mol. The van der Waals surface area contributed by atoms with E-state index in [1.54, 1.807) is 11.8 Å². The first-order valence-electron chi connectivity index (χ1n) is 10.2. The Balaban J connectivity index is 1.65. The highest BCUT2D eigenvalue weighted by Crippen LogP contribution is 2.34. The summed E-state index contributed by atoms with van der Waals surface area (Å²) >= 11 is 1.74. The Hall–Kier alpha value is -1.78. The molecule has 1 amide bonds. The Morgan fingerprint density at radius 2 is 1.64 bits per heavy atom. The Kier molecular flexibility index (Phi) is 7.57. The van der Waals surface area contributed by atoms with Crippen LogP contribution in [0.1, 0.15) is 37.8 Å². The van der Waals surface area contributed by atoms with E-state index in [9.17, 15) is 4.79 Å². The number of hydrogen-bond donors (Lipinski definition) is 1. The van der Waals surface area contributed by atoms with Gasteiger partial charge in [0, 0.05) is 30.9 Å². The lowest BCUT2D eigenvalue weighted by Crippen LogP contribution is -2.47. The maximum atomic E-state index is 13.1. The highest BCUT2D eigenvalue weighted by atomic mass is 32.2. The van der Waals surface area contributed by atoms with Crippen LogP contribution in [0.2, 0.25) is 0 Å². The second-order valence-electron chi connectivity index (χ2n) is 7.94. The van der Waals surface area contributed by atoms with E-state index in [-0.39, 0.29) is 22.5 Å². The van der Waals surface area contributed by atoms with Crippen LogP contribution in [-0.2, 0) is 20.7 Å². The van der Waals surface area contributed by atoms with Gasteiger partial charge in [-0.1, -0.05) is 74.5 Å². The molecule has 3 nitrogen and oxygen atoms in total. The number of ether oxygens (including phenoxy) is 1. The van der Waals surface area contributed by atoms with Crippen molar-refractivity contribution in [3.63, 3.8) is 0 Å². The van der Waals surface area contributed by atoms with E-state index < -0.39 is 0 Å². The average molecular weight is 398 g/mol. The third-order valence-electron chi connectivity index (χ3n) is 5.57. The minimum absolute atomic E-state index is 0.0270. The molecule has 0 aliphatic carbocycles. The lowest BCUT2D eigenvalue weighted by atomic mass is 9.74. The van der Waals surface area contributed by atoms with Crippen molar-refractivity contribution < 1.29 is 9.53 Å². The van der Waals surface area contributed by atoms with Crippen molar-refractivity contribution in [1.82, 2.24) is 5.32 Å². The molecule has 1 heterocycles. The topological polar surface area (TPSA) is 38.3 Å². The third-order valence-corrected chi connectivity index (χ3v) is 7.19. The van der Waals surface area contributed by atoms with E-state index in [4.69, 9.17) is 4.74 Å². The first-order chi connectivity index (χ1) is 13.6. The van der Waals surface area contributed by atoms with Gasteiger partial charge >= 0.3 is 0 Å². The summed E-state index contributed by atoms with van der Waals surface area (Å²) in [6.07, 6.45) is 1.89. The van der Waals surface area contributed by atoms with Crippen molar-refractivity contribution in [2.45, 2.75) is 43.1 Å². The van der Waals surface area contributed by atoms with Gasteiger partial charge < -0.3 is 10.1 Å². The zero-order chi connectivity index (χ0) is 19.8. The Morgan fingerprint density at radius 3 is 2.25 bits per heavy atom. The van der Waals surface area contributed by atoms with Gasteiger partial charge in [-0.05, 0) is 29.9 Å². The van der Waals surface area contributed by atoms with Gasteiger partial charge in [-0.2, -0.15) is 0 Å². The van der Waals surface area contributed by atoms with Crippen LogP contribution in [0, 0.1) is 5.92 Å². The molecular formula is C24H31NO2S. The number of hydrogen-bond acceptors (Lipinski definition) is 3. The number of thioether (sulfide) groups is 1. The van der Waals surface area contributed by atoms with Crippen molar-refractivity contribution in [2.75, 3.05) is 19.8 Å². The van der Waals surface area contributed by atoms with Crippen LogP contribution in [0.3, 0.4) is 0 Å². The molecule has 1 fully saturated rings. The zero-order valence-electron chi connectivity index (χ0n) is 16.9. The smallest absolute Gasteiger partial charge is 0.233 e. The minimum Gasteiger partial charge on any atom is -0.381 e. The fourth-order valence-corrected chi connectivity index (χ4v) is 4.99. The molecule has 1 atom stereocenters. The second-order valence-corrected chi connectivity index (χ2v) is 9.07. The van der Waals surface area contributed by atoms with Gasteiger partial charge in [0.25, 0.3) is 0 Å². The lowest BCUT2D eigenvalue weighted by molar-refractivity contribution is -0.121. The summed E-state index contributed by atoms with van der Waals surface area (Å²) in [5, 5.41) is 3.25. The number of carbonyl (C=O) groups excluding carboxylic acids is 1.